The van der Waals surface area contributed by atoms with Crippen LogP contribution >= 0.6 is 0 Å². The number of aliphatic hydroxyl groups is 1. The molecule has 27 nitrogen and oxygen atoms in total. The van der Waals surface area contributed by atoms with Gasteiger partial charge in [-0.25, -0.2) is 14.8 Å². The Balaban J connectivity index is 0.000000345. The molecule has 6 rings (SSSR count). The normalized spacial score (nSPS) is 16.9. The Bertz CT molecular complexity index is 2910. The topological polar surface area (TPSA) is 318 Å². The third-order valence-corrected chi connectivity index (χ3v) is 14.5. The summed E-state index contributed by atoms with van der Waals surface area (Å²) in [6, 6.07) is 23.3. The highest BCUT2D eigenvalue weighted by molar-refractivity contribution is 5.91. The maximum absolute atomic E-state index is 13.0. The smallest absolute Gasteiger partial charge is 0.354 e. The van der Waals surface area contributed by atoms with Crippen LogP contribution in [0.4, 0.5) is 28.4 Å². The number of hydrogen-bond donors (Lipinski definition) is 6. The van der Waals surface area contributed by atoms with Gasteiger partial charge in [0.05, 0.1) is 146 Å². The van der Waals surface area contributed by atoms with Gasteiger partial charge in [-0.15, -0.1) is 0 Å². The van der Waals surface area contributed by atoms with E-state index in [1.54, 1.807) is 29.2 Å². The number of pyridine rings is 2. The van der Waals surface area contributed by atoms with Crippen LogP contribution in [-0.2, 0) is 70.2 Å². The Kier molecular flexibility index (Phi) is 33.9. The van der Waals surface area contributed by atoms with Crippen LogP contribution < -0.4 is 24.9 Å². The van der Waals surface area contributed by atoms with E-state index in [0.717, 1.165) is 17.1 Å². The maximum Gasteiger partial charge on any atom is 0.354 e. The molecule has 2 saturated heterocycles. The molecule has 94 heavy (non-hydrogen) atoms. The molecule has 0 bridgehead atoms. The minimum atomic E-state index is -1.14. The Labute approximate surface area is 552 Å². The first kappa shape index (κ1) is 77.1. The number of anilines is 5. The molecule has 27 heteroatoms. The van der Waals surface area contributed by atoms with Gasteiger partial charge in [0, 0.05) is 82.1 Å². The molecule has 0 saturated carbocycles. The first-order valence-electron chi connectivity index (χ1n) is 31.8. The molecule has 0 radical (unpaired) electrons. The van der Waals surface area contributed by atoms with Gasteiger partial charge in [0.1, 0.15) is 36.8 Å². The van der Waals surface area contributed by atoms with Crippen molar-refractivity contribution in [2.75, 3.05) is 209 Å². The highest BCUT2D eigenvalue weighted by Crippen LogP contribution is 2.32. The van der Waals surface area contributed by atoms with Crippen LogP contribution in [0.2, 0.25) is 0 Å². The highest BCUT2D eigenvalue weighted by atomic mass is 16.5. The number of ketones is 1. The first-order valence-corrected chi connectivity index (χ1v) is 31.8. The second-order valence-electron chi connectivity index (χ2n) is 24.3. The van der Waals surface area contributed by atoms with E-state index in [1.807, 2.05) is 74.2 Å². The fourth-order valence-electron chi connectivity index (χ4n) is 9.82. The molecule has 2 fully saturated rings. The summed E-state index contributed by atoms with van der Waals surface area (Å²) < 4.78 is 47.0. The SMILES string of the molecule is C=C(O)c1cc(NC(C)(C)C)cc(CN2CCOCCOCCN(Cc3cccc(C(=O)O)n3)CCOCCOCC2)n1.CC(C)(C)C(=O)CN(CC(=O)O)c1ccccc1N1CCOCCOCCN(c2ccccc2N(CC(=O)O)CC(=O)O)CCOCCOCC1. The van der Waals surface area contributed by atoms with Gasteiger partial charge in [0.2, 0.25) is 0 Å². The number of carboxylic acids is 4. The lowest BCUT2D eigenvalue weighted by molar-refractivity contribution is -0.137. The van der Waals surface area contributed by atoms with Crippen LogP contribution in [0, 0.1) is 5.41 Å². The summed E-state index contributed by atoms with van der Waals surface area (Å²) in [5.74, 6) is -4.51. The fourth-order valence-corrected chi connectivity index (χ4v) is 9.82. The van der Waals surface area contributed by atoms with Crippen molar-refractivity contribution in [3.05, 3.63) is 108 Å². The van der Waals surface area contributed by atoms with Crippen molar-refractivity contribution in [2.24, 2.45) is 5.41 Å². The number of carboxylic acid groups (broad SMARTS) is 4. The zero-order valence-corrected chi connectivity index (χ0v) is 55.5. The number of para-hydroxylation sites is 4. The van der Waals surface area contributed by atoms with E-state index >= 15 is 0 Å². The lowest BCUT2D eigenvalue weighted by Crippen LogP contribution is -2.40. The number of carbonyl (C=O) groups is 5. The van der Waals surface area contributed by atoms with Gasteiger partial charge in [-0.05, 0) is 69.3 Å². The zero-order chi connectivity index (χ0) is 68.3. The standard InChI is InChI=1S/C36H52N4O11.C31H47N5O7/c1-36(2,3)32(41)24-39(25-33(42)43)30-10-6-4-8-28(30)37-12-16-48-20-22-50-18-14-38(15-19-51-23-21-49-17-13-37)29-9-5-7-11-31(29)40(26-34(44)45)27-35(46)47;1-24(37)29-21-26(34-31(2,3)4)20-27(33-29)23-36-10-14-42-18-16-40-12-8-35(9-13-41-17-19-43-15-11-36)22-25-6-5-7-28(32-25)30(38)39/h4-11H,12-27H2,1-3H3,(H,42,43)(H,44,45)(H,46,47);5-7,20-21,37H,1,8-19,22-23H2,2-4H3,(H,33,34)(H,38,39). The molecule has 6 N–H and O–H groups in total. The number of ether oxygens (including phenoxy) is 8. The van der Waals surface area contributed by atoms with Crippen LogP contribution in [0.5, 0.6) is 0 Å². The molecule has 520 valence electrons. The van der Waals surface area contributed by atoms with Gasteiger partial charge in [-0.2, -0.15) is 0 Å². The molecule has 2 aromatic carbocycles. The van der Waals surface area contributed by atoms with Gasteiger partial charge in [0.25, 0.3) is 0 Å². The number of nitrogens with one attached hydrogen (secondary N) is 1. The lowest BCUT2D eigenvalue weighted by atomic mass is 9.90. The van der Waals surface area contributed by atoms with E-state index in [4.69, 9.17) is 37.9 Å². The third-order valence-electron chi connectivity index (χ3n) is 14.5. The molecule has 0 spiro atoms. The molecule has 2 aliphatic rings. The number of rotatable bonds is 19. The van der Waals surface area contributed by atoms with Crippen molar-refractivity contribution < 1.29 is 87.4 Å². The first-order chi connectivity index (χ1) is 44.9. The number of carbonyl (C=O) groups excluding carboxylic acids is 1. The predicted octanol–water partition coefficient (Wildman–Crippen LogP) is 5.86. The fraction of sp³-hybridized carbons (Fsp3) is 0.567. The van der Waals surface area contributed by atoms with Crippen LogP contribution in [0.1, 0.15) is 69.1 Å². The summed E-state index contributed by atoms with van der Waals surface area (Å²) in [5, 5.41) is 51.3. The quantitative estimate of drug-likeness (QED) is 0.0599. The summed E-state index contributed by atoms with van der Waals surface area (Å²) in [5.41, 5.74) is 4.59. The van der Waals surface area contributed by atoms with Crippen LogP contribution in [0.25, 0.3) is 5.76 Å². The maximum atomic E-state index is 13.0. The Morgan fingerprint density at radius 2 is 0.819 bits per heavy atom. The number of Topliss-reactive ketones (excluding diaryl/α,β-unsaturated/α-hetero) is 1. The van der Waals surface area contributed by atoms with E-state index in [1.165, 1.54) is 11.0 Å². The number of aromatic nitrogens is 2. The number of hydrogen-bond acceptors (Lipinski definition) is 23. The van der Waals surface area contributed by atoms with E-state index in [9.17, 15) is 49.5 Å². The summed E-state index contributed by atoms with van der Waals surface area (Å²) in [6.45, 7) is 26.0. The van der Waals surface area contributed by atoms with Crippen molar-refractivity contribution in [2.45, 2.75) is 60.2 Å². The van der Waals surface area contributed by atoms with Crippen molar-refractivity contribution in [1.29, 1.82) is 0 Å². The summed E-state index contributed by atoms with van der Waals surface area (Å²) in [6.07, 6.45) is 0. The van der Waals surface area contributed by atoms with E-state index < -0.39 is 42.4 Å². The molecule has 0 amide bonds. The van der Waals surface area contributed by atoms with E-state index in [0.29, 0.717) is 200 Å². The molecular formula is C67H99N9O18. The Hall–Kier alpha value is -7.57. The third kappa shape index (κ3) is 30.2. The minimum Gasteiger partial charge on any atom is -0.506 e. The summed E-state index contributed by atoms with van der Waals surface area (Å²) in [7, 11) is 0. The molecule has 0 aliphatic carbocycles. The highest BCUT2D eigenvalue weighted by Gasteiger charge is 2.28. The van der Waals surface area contributed by atoms with Crippen LogP contribution in [0.15, 0.2) is 85.4 Å². The average Bonchev–Trinajstić information content (AvgIpc) is 0.885. The summed E-state index contributed by atoms with van der Waals surface area (Å²) in [4.78, 5) is 79.4. The van der Waals surface area contributed by atoms with Gasteiger partial charge >= 0.3 is 23.9 Å². The molecular weight excluding hydrogens is 1220 g/mol. The molecule has 4 aromatic rings. The molecule has 4 heterocycles. The number of aromatic carboxylic acids is 1. The molecule has 2 aliphatic heterocycles. The number of benzene rings is 2. The number of aliphatic hydroxyl groups excluding tert-OH is 1. The van der Waals surface area contributed by atoms with Crippen LogP contribution in [0.3, 0.4) is 0 Å². The summed E-state index contributed by atoms with van der Waals surface area (Å²) >= 11 is 0. The Morgan fingerprint density at radius 3 is 1.18 bits per heavy atom. The van der Waals surface area contributed by atoms with Gasteiger partial charge in [-0.1, -0.05) is 57.7 Å². The number of nitrogens with zero attached hydrogens (tertiary/aromatic N) is 8. The molecule has 2 aromatic heterocycles. The zero-order valence-electron chi connectivity index (χ0n) is 55.5. The largest absolute Gasteiger partial charge is 0.506 e. The van der Waals surface area contributed by atoms with Crippen molar-refractivity contribution >= 4 is 63.9 Å². The van der Waals surface area contributed by atoms with Crippen molar-refractivity contribution in [1.82, 2.24) is 19.8 Å². The lowest BCUT2D eigenvalue weighted by Gasteiger charge is -2.33. The van der Waals surface area contributed by atoms with E-state index in [-0.39, 0.29) is 35.9 Å². The average molecular weight is 1320 g/mol. The van der Waals surface area contributed by atoms with Crippen molar-refractivity contribution in [3.63, 3.8) is 0 Å². The van der Waals surface area contributed by atoms with Gasteiger partial charge in [-0.3, -0.25) is 29.0 Å². The molecule has 0 atom stereocenters. The minimum absolute atomic E-state index is 0.0300. The molecule has 0 unspecified atom stereocenters. The second-order valence-corrected chi connectivity index (χ2v) is 24.3. The van der Waals surface area contributed by atoms with Gasteiger partial charge < -0.3 is 88.3 Å². The van der Waals surface area contributed by atoms with Crippen LogP contribution in [-0.4, -0.2) is 265 Å². The van der Waals surface area contributed by atoms with Crippen molar-refractivity contribution in [3.8, 4) is 0 Å². The van der Waals surface area contributed by atoms with Gasteiger partial charge in [0.15, 0.2) is 5.78 Å². The second kappa shape index (κ2) is 41.3. The van der Waals surface area contributed by atoms with E-state index in [2.05, 4.69) is 57.3 Å². The number of aliphatic carboxylic acids is 3. The monoisotopic (exact) mass is 1320 g/mol. The predicted molar refractivity (Wildman–Crippen MR) is 357 cm³/mol. The Morgan fingerprint density at radius 1 is 0.457 bits per heavy atom.